The average Bonchev–Trinajstić information content (AvgIpc) is 3.54. The van der Waals surface area contributed by atoms with Gasteiger partial charge >= 0.3 is 12.0 Å². The number of hydrogen-bond acceptors (Lipinski definition) is 4. The first-order chi connectivity index (χ1) is 19.9. The average molecular weight is 546 g/mol. The Morgan fingerprint density at radius 3 is 2.46 bits per heavy atom. The van der Waals surface area contributed by atoms with Crippen molar-refractivity contribution in [3.8, 4) is 11.5 Å². The van der Waals surface area contributed by atoms with Gasteiger partial charge in [-0.3, -0.25) is 0 Å². The summed E-state index contributed by atoms with van der Waals surface area (Å²) in [5.41, 5.74) is 6.87. The molecule has 0 fully saturated rings. The van der Waals surface area contributed by atoms with Gasteiger partial charge in [0.15, 0.2) is 0 Å². The summed E-state index contributed by atoms with van der Waals surface area (Å²) in [5.74, 6) is 0.525. The van der Waals surface area contributed by atoms with Crippen LogP contribution < -0.4 is 5.32 Å². The van der Waals surface area contributed by atoms with Crippen LogP contribution in [0, 0.1) is 13.8 Å². The van der Waals surface area contributed by atoms with E-state index in [4.69, 9.17) is 9.84 Å². The maximum atomic E-state index is 14.1. The molecule has 3 heterocycles. The minimum atomic E-state index is -0.392. The Balaban J connectivity index is 1.45. The fraction of sp³-hybridized carbons (Fsp3) is 0.182. The van der Waals surface area contributed by atoms with Crippen LogP contribution in [0.15, 0.2) is 97.2 Å². The zero-order chi connectivity index (χ0) is 28.5. The quantitative estimate of drug-likeness (QED) is 0.253. The summed E-state index contributed by atoms with van der Waals surface area (Å²) in [4.78, 5) is 28.1. The molecule has 1 aliphatic rings. The molecule has 1 atom stereocenters. The predicted molar refractivity (Wildman–Crippen MR) is 158 cm³/mol. The normalized spacial score (nSPS) is 14.1. The number of amides is 2. The number of rotatable bonds is 5. The number of carbonyl (C=O) groups excluding carboxylic acids is 2. The van der Waals surface area contributed by atoms with Gasteiger partial charge in [0.05, 0.1) is 41.8 Å². The maximum Gasteiger partial charge on any atom is 0.338 e. The summed E-state index contributed by atoms with van der Waals surface area (Å²) in [7, 11) is 0. The van der Waals surface area contributed by atoms with Crippen molar-refractivity contribution in [3.63, 3.8) is 0 Å². The molecule has 1 N–H and O–H groups in total. The fourth-order valence-electron chi connectivity index (χ4n) is 5.44. The lowest BCUT2D eigenvalue weighted by Gasteiger charge is -2.31. The molecule has 0 saturated heterocycles. The van der Waals surface area contributed by atoms with Crippen molar-refractivity contribution in [1.82, 2.24) is 19.2 Å². The number of aryl methyl sites for hydroxylation is 2. The van der Waals surface area contributed by atoms with Crippen molar-refractivity contribution >= 4 is 17.7 Å². The van der Waals surface area contributed by atoms with E-state index in [1.165, 1.54) is 0 Å². The molecule has 0 spiro atoms. The van der Waals surface area contributed by atoms with E-state index in [0.29, 0.717) is 24.4 Å². The minimum absolute atomic E-state index is 0.257. The van der Waals surface area contributed by atoms with Gasteiger partial charge < -0.3 is 19.5 Å². The smallest absolute Gasteiger partial charge is 0.338 e. The van der Waals surface area contributed by atoms with Crippen molar-refractivity contribution < 1.29 is 14.3 Å². The van der Waals surface area contributed by atoms with Gasteiger partial charge in [-0.2, -0.15) is 5.10 Å². The number of esters is 1. The highest BCUT2D eigenvalue weighted by atomic mass is 16.5. The molecule has 2 aromatic heterocycles. The SMILES string of the molecule is CCOC(=O)c1ccc(NC(=O)N2Cc3c(C)nn(-c4ccccc4)c3-n3cccc3[C@@H]2c2cccc(C)c2)cc1. The molecule has 0 aliphatic carbocycles. The number of urea groups is 1. The van der Waals surface area contributed by atoms with Gasteiger partial charge in [0.2, 0.25) is 0 Å². The summed E-state index contributed by atoms with van der Waals surface area (Å²) in [5, 5.41) is 7.97. The highest BCUT2D eigenvalue weighted by Crippen LogP contribution is 2.39. The van der Waals surface area contributed by atoms with E-state index in [2.05, 4.69) is 41.1 Å². The van der Waals surface area contributed by atoms with Gasteiger partial charge in [-0.15, -0.1) is 0 Å². The number of nitrogens with zero attached hydrogens (tertiary/aromatic N) is 4. The largest absolute Gasteiger partial charge is 0.462 e. The monoisotopic (exact) mass is 545 g/mol. The maximum absolute atomic E-state index is 14.1. The van der Waals surface area contributed by atoms with Crippen LogP contribution >= 0.6 is 0 Å². The molecule has 206 valence electrons. The molecule has 41 heavy (non-hydrogen) atoms. The van der Waals surface area contributed by atoms with E-state index >= 15 is 0 Å². The van der Waals surface area contributed by atoms with Crippen LogP contribution in [-0.4, -0.2) is 37.9 Å². The Bertz CT molecular complexity index is 1720. The number of anilines is 1. The molecule has 6 rings (SSSR count). The van der Waals surface area contributed by atoms with E-state index in [1.54, 1.807) is 31.2 Å². The van der Waals surface area contributed by atoms with Crippen molar-refractivity contribution in [2.45, 2.75) is 33.4 Å². The van der Waals surface area contributed by atoms with E-state index in [1.807, 2.05) is 65.2 Å². The summed E-state index contributed by atoms with van der Waals surface area (Å²) < 4.78 is 9.19. The van der Waals surface area contributed by atoms with E-state index in [-0.39, 0.29) is 12.1 Å². The predicted octanol–water partition coefficient (Wildman–Crippen LogP) is 6.59. The van der Waals surface area contributed by atoms with Gasteiger partial charge in [-0.1, -0.05) is 48.0 Å². The Labute approximate surface area is 238 Å². The zero-order valence-electron chi connectivity index (χ0n) is 23.2. The molecule has 8 heteroatoms. The minimum Gasteiger partial charge on any atom is -0.462 e. The van der Waals surface area contributed by atoms with Crippen LogP contribution in [0.3, 0.4) is 0 Å². The molecule has 2 amide bonds. The highest BCUT2D eigenvalue weighted by molar-refractivity contribution is 5.92. The van der Waals surface area contributed by atoms with Gasteiger partial charge in [0.25, 0.3) is 0 Å². The number of aromatic nitrogens is 3. The second kappa shape index (κ2) is 10.8. The second-order valence-electron chi connectivity index (χ2n) is 10.1. The van der Waals surface area contributed by atoms with E-state index in [0.717, 1.165) is 39.6 Å². The highest BCUT2D eigenvalue weighted by Gasteiger charge is 2.36. The van der Waals surface area contributed by atoms with Crippen LogP contribution in [0.1, 0.15) is 51.4 Å². The summed E-state index contributed by atoms with van der Waals surface area (Å²) in [6.45, 7) is 6.46. The van der Waals surface area contributed by atoms with Crippen molar-refractivity contribution in [3.05, 3.63) is 131 Å². The lowest BCUT2D eigenvalue weighted by Crippen LogP contribution is -2.38. The van der Waals surface area contributed by atoms with Crippen LogP contribution in [0.25, 0.3) is 11.5 Å². The summed E-state index contributed by atoms with van der Waals surface area (Å²) >= 11 is 0. The first-order valence-corrected chi connectivity index (χ1v) is 13.7. The number of carbonyl (C=O) groups is 2. The Kier molecular flexibility index (Phi) is 6.89. The number of hydrogen-bond donors (Lipinski definition) is 1. The standard InChI is InChI=1S/C33H31N5O3/c1-4-41-32(39)24-15-17-26(18-16-24)34-33(40)37-21-28-23(3)35-38(27-12-6-5-7-13-27)31(28)36-19-9-14-29(36)30(37)25-11-8-10-22(2)20-25/h5-20,30H,4,21H2,1-3H3,(H,34,40)/t30-/m0/s1. The summed E-state index contributed by atoms with van der Waals surface area (Å²) in [6.07, 6.45) is 2.03. The van der Waals surface area contributed by atoms with Gasteiger partial charge in [-0.05, 0) is 74.9 Å². The van der Waals surface area contributed by atoms with Crippen LogP contribution in [0.5, 0.6) is 0 Å². The second-order valence-corrected chi connectivity index (χ2v) is 10.1. The third-order valence-electron chi connectivity index (χ3n) is 7.35. The molecular formula is C33H31N5O3. The van der Waals surface area contributed by atoms with Gasteiger partial charge in [0.1, 0.15) is 5.82 Å². The van der Waals surface area contributed by atoms with Crippen molar-refractivity contribution in [2.75, 3.05) is 11.9 Å². The van der Waals surface area contributed by atoms with E-state index < -0.39 is 5.97 Å². The molecule has 0 bridgehead atoms. The summed E-state index contributed by atoms with van der Waals surface area (Å²) in [6, 6.07) is 28.5. The first kappa shape index (κ1) is 26.1. The zero-order valence-corrected chi connectivity index (χ0v) is 23.2. The van der Waals surface area contributed by atoms with E-state index in [9.17, 15) is 9.59 Å². The van der Waals surface area contributed by atoms with Crippen LogP contribution in [0.2, 0.25) is 0 Å². The molecule has 5 aromatic rings. The van der Waals surface area contributed by atoms with Gasteiger partial charge in [-0.25, -0.2) is 14.3 Å². The number of fused-ring (bicyclic) bond motifs is 3. The lowest BCUT2D eigenvalue weighted by molar-refractivity contribution is 0.0526. The van der Waals surface area contributed by atoms with Crippen molar-refractivity contribution in [2.24, 2.45) is 0 Å². The first-order valence-electron chi connectivity index (χ1n) is 13.7. The molecule has 8 nitrogen and oxygen atoms in total. The Morgan fingerprint density at radius 2 is 1.73 bits per heavy atom. The third kappa shape index (κ3) is 4.89. The molecule has 1 aliphatic heterocycles. The molecular weight excluding hydrogens is 514 g/mol. The molecule has 0 radical (unpaired) electrons. The molecule has 3 aromatic carbocycles. The lowest BCUT2D eigenvalue weighted by atomic mass is 10.00. The Morgan fingerprint density at radius 1 is 0.951 bits per heavy atom. The van der Waals surface area contributed by atoms with Crippen molar-refractivity contribution in [1.29, 1.82) is 0 Å². The number of nitrogens with one attached hydrogen (secondary N) is 1. The fourth-order valence-corrected chi connectivity index (χ4v) is 5.44. The molecule has 0 unspecified atom stereocenters. The topological polar surface area (TPSA) is 81.4 Å². The van der Waals surface area contributed by atoms with Gasteiger partial charge in [0, 0.05) is 17.4 Å². The van der Waals surface area contributed by atoms with Crippen LogP contribution in [-0.2, 0) is 11.3 Å². The number of benzene rings is 3. The third-order valence-corrected chi connectivity index (χ3v) is 7.35. The van der Waals surface area contributed by atoms with Crippen LogP contribution in [0.4, 0.5) is 10.5 Å². The number of ether oxygens (including phenoxy) is 1. The number of para-hydroxylation sites is 1. The Hall–Kier alpha value is -5.11. The molecule has 0 saturated carbocycles.